The molecule has 0 aliphatic heterocycles. The fraction of sp³-hybridized carbons (Fsp3) is 0.500. The number of amides is 1. The standard InChI is InChI=1S/C18H24N4O/c1-13(2)18(23)20-12-14-11-17(16-9-5-6-10-19-16)22(21-14)15-7-3-4-8-15/h5-6,9-11,13,15H,3-4,7-8,12H2,1-2H3,(H,20,23). The van der Waals surface area contributed by atoms with Crippen LogP contribution in [0.1, 0.15) is 51.3 Å². The van der Waals surface area contributed by atoms with Crippen LogP contribution in [0.3, 0.4) is 0 Å². The number of carbonyl (C=O) groups excluding carboxylic acids is 1. The van der Waals surface area contributed by atoms with Crippen LogP contribution in [0.5, 0.6) is 0 Å². The van der Waals surface area contributed by atoms with Gasteiger partial charge in [0.15, 0.2) is 0 Å². The van der Waals surface area contributed by atoms with Gasteiger partial charge in [-0.1, -0.05) is 32.8 Å². The second-order valence-corrected chi connectivity index (χ2v) is 6.49. The van der Waals surface area contributed by atoms with Crippen LogP contribution in [0.4, 0.5) is 0 Å². The lowest BCUT2D eigenvalue weighted by Crippen LogP contribution is -2.27. The number of pyridine rings is 1. The van der Waals surface area contributed by atoms with E-state index in [4.69, 9.17) is 5.10 Å². The van der Waals surface area contributed by atoms with E-state index in [1.165, 1.54) is 25.7 Å². The van der Waals surface area contributed by atoms with Gasteiger partial charge in [-0.15, -0.1) is 0 Å². The number of nitrogens with one attached hydrogen (secondary N) is 1. The molecule has 0 radical (unpaired) electrons. The fourth-order valence-electron chi connectivity index (χ4n) is 3.05. The molecular weight excluding hydrogens is 288 g/mol. The SMILES string of the molecule is CC(C)C(=O)NCc1cc(-c2ccccn2)n(C2CCCC2)n1. The zero-order valence-corrected chi connectivity index (χ0v) is 13.8. The summed E-state index contributed by atoms with van der Waals surface area (Å²) in [5, 5.41) is 7.71. The Morgan fingerprint density at radius 2 is 2.13 bits per heavy atom. The first kappa shape index (κ1) is 15.7. The number of carbonyl (C=O) groups is 1. The van der Waals surface area contributed by atoms with Gasteiger partial charge in [0, 0.05) is 12.1 Å². The first-order chi connectivity index (χ1) is 11.1. The number of nitrogens with zero attached hydrogens (tertiary/aromatic N) is 3. The van der Waals surface area contributed by atoms with E-state index in [2.05, 4.69) is 21.0 Å². The molecule has 3 rings (SSSR count). The number of hydrogen-bond acceptors (Lipinski definition) is 3. The maximum absolute atomic E-state index is 11.8. The van der Waals surface area contributed by atoms with Crippen LogP contribution in [-0.2, 0) is 11.3 Å². The lowest BCUT2D eigenvalue weighted by Gasteiger charge is -2.13. The van der Waals surface area contributed by atoms with Gasteiger partial charge < -0.3 is 5.32 Å². The maximum Gasteiger partial charge on any atom is 0.222 e. The average molecular weight is 312 g/mol. The molecule has 5 heteroatoms. The van der Waals surface area contributed by atoms with Gasteiger partial charge in [0.25, 0.3) is 0 Å². The molecule has 1 N–H and O–H groups in total. The molecule has 1 aliphatic rings. The molecule has 1 amide bonds. The van der Waals surface area contributed by atoms with Gasteiger partial charge >= 0.3 is 0 Å². The van der Waals surface area contributed by atoms with Crippen molar-refractivity contribution < 1.29 is 4.79 Å². The van der Waals surface area contributed by atoms with Gasteiger partial charge in [-0.3, -0.25) is 14.5 Å². The lowest BCUT2D eigenvalue weighted by atomic mass is 10.2. The van der Waals surface area contributed by atoms with Crippen molar-refractivity contribution >= 4 is 5.91 Å². The van der Waals surface area contributed by atoms with Crippen molar-refractivity contribution in [3.05, 3.63) is 36.2 Å². The van der Waals surface area contributed by atoms with Crippen LogP contribution in [0.15, 0.2) is 30.5 Å². The Kier molecular flexibility index (Phi) is 4.74. The normalized spacial score (nSPS) is 15.3. The van der Waals surface area contributed by atoms with Crippen molar-refractivity contribution in [3.63, 3.8) is 0 Å². The van der Waals surface area contributed by atoms with Crippen molar-refractivity contribution in [2.24, 2.45) is 5.92 Å². The van der Waals surface area contributed by atoms with Gasteiger partial charge in [0.1, 0.15) is 0 Å². The second kappa shape index (κ2) is 6.94. The maximum atomic E-state index is 11.8. The largest absolute Gasteiger partial charge is 0.350 e. The molecule has 0 aromatic carbocycles. The molecule has 0 spiro atoms. The molecule has 1 saturated carbocycles. The monoisotopic (exact) mass is 312 g/mol. The van der Waals surface area contributed by atoms with Crippen LogP contribution in [-0.4, -0.2) is 20.7 Å². The van der Waals surface area contributed by atoms with Crippen LogP contribution in [0, 0.1) is 5.92 Å². The molecule has 2 heterocycles. The molecule has 1 aliphatic carbocycles. The van der Waals surface area contributed by atoms with Crippen molar-refractivity contribution in [1.29, 1.82) is 0 Å². The van der Waals surface area contributed by atoms with E-state index in [1.807, 2.05) is 38.2 Å². The molecule has 2 aromatic heterocycles. The Labute approximate surface area is 137 Å². The highest BCUT2D eigenvalue weighted by Crippen LogP contribution is 2.33. The second-order valence-electron chi connectivity index (χ2n) is 6.49. The molecule has 5 nitrogen and oxygen atoms in total. The Morgan fingerprint density at radius 3 is 2.78 bits per heavy atom. The van der Waals surface area contributed by atoms with Gasteiger partial charge in [-0.25, -0.2) is 0 Å². The summed E-state index contributed by atoms with van der Waals surface area (Å²) in [6.07, 6.45) is 6.65. The highest BCUT2D eigenvalue weighted by atomic mass is 16.1. The fourth-order valence-corrected chi connectivity index (χ4v) is 3.05. The van der Waals surface area contributed by atoms with Gasteiger partial charge in [-0.2, -0.15) is 5.10 Å². The average Bonchev–Trinajstić information content (AvgIpc) is 3.22. The minimum absolute atomic E-state index is 0.0119. The van der Waals surface area contributed by atoms with Crippen LogP contribution in [0.25, 0.3) is 11.4 Å². The number of hydrogen-bond donors (Lipinski definition) is 1. The van der Waals surface area contributed by atoms with Crippen LogP contribution < -0.4 is 5.32 Å². The zero-order valence-electron chi connectivity index (χ0n) is 13.8. The first-order valence-corrected chi connectivity index (χ1v) is 8.42. The number of rotatable bonds is 5. The highest BCUT2D eigenvalue weighted by molar-refractivity contribution is 5.77. The molecule has 23 heavy (non-hydrogen) atoms. The van der Waals surface area contributed by atoms with E-state index in [0.29, 0.717) is 12.6 Å². The third-order valence-electron chi connectivity index (χ3n) is 4.35. The van der Waals surface area contributed by atoms with Crippen molar-refractivity contribution in [2.45, 2.75) is 52.1 Å². The van der Waals surface area contributed by atoms with Crippen molar-refractivity contribution in [1.82, 2.24) is 20.1 Å². The summed E-state index contributed by atoms with van der Waals surface area (Å²) < 4.78 is 2.12. The summed E-state index contributed by atoms with van der Waals surface area (Å²) in [6, 6.07) is 8.43. The van der Waals surface area contributed by atoms with Crippen molar-refractivity contribution in [3.8, 4) is 11.4 Å². The predicted molar refractivity (Wildman–Crippen MR) is 89.6 cm³/mol. The van der Waals surface area contributed by atoms with E-state index >= 15 is 0 Å². The smallest absolute Gasteiger partial charge is 0.222 e. The molecule has 0 unspecified atom stereocenters. The minimum atomic E-state index is -0.0119. The summed E-state index contributed by atoms with van der Waals surface area (Å²) in [6.45, 7) is 4.26. The van der Waals surface area contributed by atoms with E-state index in [9.17, 15) is 4.79 Å². The molecule has 0 saturated heterocycles. The Morgan fingerprint density at radius 1 is 1.35 bits per heavy atom. The summed E-state index contributed by atoms with van der Waals surface area (Å²) in [5.74, 6) is 0.0435. The predicted octanol–water partition coefficient (Wildman–Crippen LogP) is 3.33. The third kappa shape index (κ3) is 3.60. The van der Waals surface area contributed by atoms with Crippen LogP contribution in [0.2, 0.25) is 0 Å². The molecule has 2 aromatic rings. The van der Waals surface area contributed by atoms with E-state index in [-0.39, 0.29) is 11.8 Å². The Balaban J connectivity index is 1.86. The molecule has 1 fully saturated rings. The molecule has 0 bridgehead atoms. The topological polar surface area (TPSA) is 59.8 Å². The molecular formula is C18H24N4O. The van der Waals surface area contributed by atoms with Gasteiger partial charge in [0.2, 0.25) is 5.91 Å². The first-order valence-electron chi connectivity index (χ1n) is 8.42. The minimum Gasteiger partial charge on any atom is -0.350 e. The molecule has 0 atom stereocenters. The van der Waals surface area contributed by atoms with E-state index in [0.717, 1.165) is 17.1 Å². The summed E-state index contributed by atoms with van der Waals surface area (Å²) in [4.78, 5) is 16.2. The van der Waals surface area contributed by atoms with Gasteiger partial charge in [-0.05, 0) is 31.0 Å². The Bertz CT molecular complexity index is 657. The Hall–Kier alpha value is -2.17. The van der Waals surface area contributed by atoms with Crippen molar-refractivity contribution in [2.75, 3.05) is 0 Å². The molecule has 122 valence electrons. The lowest BCUT2D eigenvalue weighted by molar-refractivity contribution is -0.124. The summed E-state index contributed by atoms with van der Waals surface area (Å²) in [7, 11) is 0. The zero-order chi connectivity index (χ0) is 16.2. The highest BCUT2D eigenvalue weighted by Gasteiger charge is 2.22. The third-order valence-corrected chi connectivity index (χ3v) is 4.35. The summed E-state index contributed by atoms with van der Waals surface area (Å²) in [5.41, 5.74) is 2.88. The number of aromatic nitrogens is 3. The van der Waals surface area contributed by atoms with E-state index < -0.39 is 0 Å². The summed E-state index contributed by atoms with van der Waals surface area (Å²) >= 11 is 0. The van der Waals surface area contributed by atoms with Gasteiger partial charge in [0.05, 0.1) is 29.7 Å². The van der Waals surface area contributed by atoms with Crippen LogP contribution >= 0.6 is 0 Å². The quantitative estimate of drug-likeness (QED) is 0.921. The van der Waals surface area contributed by atoms with E-state index in [1.54, 1.807) is 0 Å².